The molecule has 0 atom stereocenters. The van der Waals surface area contributed by atoms with Crippen molar-refractivity contribution >= 4 is 15.7 Å². The van der Waals surface area contributed by atoms with Crippen molar-refractivity contribution in [2.75, 3.05) is 5.73 Å². The summed E-state index contributed by atoms with van der Waals surface area (Å²) in [4.78, 5) is 0.110. The zero-order valence-corrected chi connectivity index (χ0v) is 11.6. The Bertz CT molecular complexity index is 676. The number of nitrogens with two attached hydrogens (primary N) is 1. The van der Waals surface area contributed by atoms with Crippen LogP contribution in [0.25, 0.3) is 0 Å². The van der Waals surface area contributed by atoms with Crippen molar-refractivity contribution < 1.29 is 12.8 Å². The Morgan fingerprint density at radius 2 is 1.95 bits per heavy atom. The van der Waals surface area contributed by atoms with Gasteiger partial charge in [-0.2, -0.15) is 0 Å². The molecule has 0 spiro atoms. The molecule has 6 heteroatoms. The zero-order valence-electron chi connectivity index (χ0n) is 10.8. The first-order valence-electron chi connectivity index (χ1n) is 5.77. The Morgan fingerprint density at radius 1 is 1.26 bits per heavy atom. The molecule has 0 saturated carbocycles. The third-order valence-corrected chi connectivity index (χ3v) is 4.42. The third-order valence-electron chi connectivity index (χ3n) is 2.96. The Labute approximate surface area is 112 Å². The lowest BCUT2D eigenvalue weighted by atomic mass is 10.1. The third kappa shape index (κ3) is 2.97. The molecular weight excluding hydrogens is 264 g/mol. The number of anilines is 1. The fourth-order valence-corrected chi connectivity index (χ4v) is 2.91. The van der Waals surface area contributed by atoms with Crippen LogP contribution in [-0.2, 0) is 16.6 Å². The summed E-state index contributed by atoms with van der Waals surface area (Å²) in [7, 11) is -3.62. The van der Waals surface area contributed by atoms with E-state index in [1.54, 1.807) is 18.2 Å². The second kappa shape index (κ2) is 5.07. The second-order valence-corrected chi connectivity index (χ2v) is 6.17. The Kier molecular flexibility index (Phi) is 3.64. The standard InChI is InChI=1S/C13H16N2O3S/c1-9-5-12(14)13(6-10(9)2)19(16,17)15-7-11-3-4-18-8-11/h3-6,8,15H,7,14H2,1-2H3. The van der Waals surface area contributed by atoms with Crippen LogP contribution in [0.4, 0.5) is 5.69 Å². The maximum Gasteiger partial charge on any atom is 0.242 e. The van der Waals surface area contributed by atoms with Crippen molar-refractivity contribution in [2.24, 2.45) is 0 Å². The van der Waals surface area contributed by atoms with Crippen molar-refractivity contribution in [3.05, 3.63) is 47.4 Å². The molecule has 5 nitrogen and oxygen atoms in total. The highest BCUT2D eigenvalue weighted by Crippen LogP contribution is 2.22. The molecule has 0 aliphatic heterocycles. The van der Waals surface area contributed by atoms with Gasteiger partial charge < -0.3 is 10.2 Å². The van der Waals surface area contributed by atoms with Crippen LogP contribution in [0, 0.1) is 13.8 Å². The molecule has 1 aromatic heterocycles. The maximum atomic E-state index is 12.2. The van der Waals surface area contributed by atoms with E-state index in [0.717, 1.165) is 16.7 Å². The van der Waals surface area contributed by atoms with Gasteiger partial charge in [-0.3, -0.25) is 0 Å². The molecule has 0 amide bonds. The van der Waals surface area contributed by atoms with Crippen LogP contribution in [0.1, 0.15) is 16.7 Å². The van der Waals surface area contributed by atoms with Gasteiger partial charge in [0, 0.05) is 12.1 Å². The molecule has 0 aliphatic carbocycles. The number of benzene rings is 1. The molecule has 3 N–H and O–H groups in total. The van der Waals surface area contributed by atoms with Crippen LogP contribution in [-0.4, -0.2) is 8.42 Å². The second-order valence-electron chi connectivity index (χ2n) is 4.43. The number of sulfonamides is 1. The first kappa shape index (κ1) is 13.6. The van der Waals surface area contributed by atoms with E-state index < -0.39 is 10.0 Å². The summed E-state index contributed by atoms with van der Waals surface area (Å²) in [5.74, 6) is 0. The molecule has 0 fully saturated rings. The van der Waals surface area contributed by atoms with Crippen LogP contribution in [0.5, 0.6) is 0 Å². The molecule has 2 aromatic rings. The number of hydrogen-bond donors (Lipinski definition) is 2. The van der Waals surface area contributed by atoms with E-state index in [2.05, 4.69) is 4.72 Å². The van der Waals surface area contributed by atoms with Crippen molar-refractivity contribution in [3.63, 3.8) is 0 Å². The molecule has 0 unspecified atom stereocenters. The minimum atomic E-state index is -3.62. The summed E-state index contributed by atoms with van der Waals surface area (Å²) in [5.41, 5.74) is 8.65. The summed E-state index contributed by atoms with van der Waals surface area (Å²) in [6.45, 7) is 3.91. The van der Waals surface area contributed by atoms with E-state index in [1.165, 1.54) is 12.5 Å². The topological polar surface area (TPSA) is 85.3 Å². The normalized spacial score (nSPS) is 11.7. The molecule has 19 heavy (non-hydrogen) atoms. The first-order chi connectivity index (χ1) is 8.90. The molecular formula is C13H16N2O3S. The van der Waals surface area contributed by atoms with Gasteiger partial charge in [-0.05, 0) is 43.2 Å². The first-order valence-corrected chi connectivity index (χ1v) is 7.26. The predicted molar refractivity (Wildman–Crippen MR) is 73.1 cm³/mol. The average molecular weight is 280 g/mol. The maximum absolute atomic E-state index is 12.2. The molecule has 0 radical (unpaired) electrons. The SMILES string of the molecule is Cc1cc(N)c(S(=O)(=O)NCc2ccoc2)cc1C. The summed E-state index contributed by atoms with van der Waals surface area (Å²) in [6.07, 6.45) is 2.99. The smallest absolute Gasteiger partial charge is 0.242 e. The van der Waals surface area contributed by atoms with Crippen LogP contribution >= 0.6 is 0 Å². The molecule has 2 rings (SSSR count). The molecule has 0 saturated heterocycles. The van der Waals surface area contributed by atoms with Crippen LogP contribution in [0.2, 0.25) is 0 Å². The number of furan rings is 1. The van der Waals surface area contributed by atoms with Gasteiger partial charge in [0.2, 0.25) is 10.0 Å². The van der Waals surface area contributed by atoms with Crippen molar-refractivity contribution in [1.82, 2.24) is 4.72 Å². The summed E-state index contributed by atoms with van der Waals surface area (Å²) >= 11 is 0. The molecule has 1 heterocycles. The molecule has 102 valence electrons. The van der Waals surface area contributed by atoms with E-state index in [1.807, 2.05) is 13.8 Å². The van der Waals surface area contributed by atoms with Gasteiger partial charge in [-0.15, -0.1) is 0 Å². The minimum Gasteiger partial charge on any atom is -0.472 e. The van der Waals surface area contributed by atoms with Gasteiger partial charge in [-0.1, -0.05) is 0 Å². The van der Waals surface area contributed by atoms with E-state index in [4.69, 9.17) is 10.2 Å². The Hall–Kier alpha value is -1.79. The van der Waals surface area contributed by atoms with Gasteiger partial charge in [0.05, 0.1) is 18.2 Å². The largest absolute Gasteiger partial charge is 0.472 e. The average Bonchev–Trinajstić information content (AvgIpc) is 2.84. The highest BCUT2D eigenvalue weighted by Gasteiger charge is 2.18. The highest BCUT2D eigenvalue weighted by molar-refractivity contribution is 7.89. The van der Waals surface area contributed by atoms with Crippen molar-refractivity contribution in [3.8, 4) is 0 Å². The number of rotatable bonds is 4. The van der Waals surface area contributed by atoms with Gasteiger partial charge in [-0.25, -0.2) is 13.1 Å². The number of nitrogen functional groups attached to an aromatic ring is 1. The molecule has 1 aromatic carbocycles. The lowest BCUT2D eigenvalue weighted by Crippen LogP contribution is -2.24. The van der Waals surface area contributed by atoms with E-state index in [0.29, 0.717) is 0 Å². The van der Waals surface area contributed by atoms with Gasteiger partial charge in [0.25, 0.3) is 0 Å². The zero-order chi connectivity index (χ0) is 14.0. The minimum absolute atomic E-state index is 0.110. The molecule has 0 bridgehead atoms. The fraction of sp³-hybridized carbons (Fsp3) is 0.231. The van der Waals surface area contributed by atoms with E-state index >= 15 is 0 Å². The monoisotopic (exact) mass is 280 g/mol. The van der Waals surface area contributed by atoms with Crippen molar-refractivity contribution in [1.29, 1.82) is 0 Å². The Morgan fingerprint density at radius 3 is 2.58 bits per heavy atom. The lowest BCUT2D eigenvalue weighted by Gasteiger charge is -2.11. The van der Waals surface area contributed by atoms with E-state index in [9.17, 15) is 8.42 Å². The highest BCUT2D eigenvalue weighted by atomic mass is 32.2. The van der Waals surface area contributed by atoms with Crippen LogP contribution < -0.4 is 10.5 Å². The summed E-state index contributed by atoms with van der Waals surface area (Å²) in [6, 6.07) is 4.95. The fourth-order valence-electron chi connectivity index (χ4n) is 1.69. The predicted octanol–water partition coefficient (Wildman–Crippen LogP) is 1.96. The summed E-state index contributed by atoms with van der Waals surface area (Å²) < 4.78 is 31.8. The van der Waals surface area contributed by atoms with E-state index in [-0.39, 0.29) is 17.1 Å². The van der Waals surface area contributed by atoms with Crippen molar-refractivity contribution in [2.45, 2.75) is 25.3 Å². The quantitative estimate of drug-likeness (QED) is 0.838. The van der Waals surface area contributed by atoms with Gasteiger partial charge in [0.1, 0.15) is 4.90 Å². The Balaban J connectivity index is 2.27. The lowest BCUT2D eigenvalue weighted by molar-refractivity contribution is 0.561. The number of aryl methyl sites for hydroxylation is 2. The van der Waals surface area contributed by atoms with Crippen LogP contribution in [0.3, 0.4) is 0 Å². The van der Waals surface area contributed by atoms with Gasteiger partial charge >= 0.3 is 0 Å². The summed E-state index contributed by atoms with van der Waals surface area (Å²) in [5, 5.41) is 0. The number of nitrogens with one attached hydrogen (secondary N) is 1. The van der Waals surface area contributed by atoms with Crippen LogP contribution in [0.15, 0.2) is 40.0 Å². The van der Waals surface area contributed by atoms with Gasteiger partial charge in [0.15, 0.2) is 0 Å². The molecule has 0 aliphatic rings. The number of hydrogen-bond acceptors (Lipinski definition) is 4.